The zero-order chi connectivity index (χ0) is 49.0. The van der Waals surface area contributed by atoms with E-state index < -0.39 is 71.8 Å². The molecule has 3 saturated heterocycles. The van der Waals surface area contributed by atoms with Crippen molar-refractivity contribution in [2.24, 2.45) is 35.5 Å². The van der Waals surface area contributed by atoms with Gasteiger partial charge in [0.15, 0.2) is 5.78 Å². The molecule has 2 bridgehead atoms. The zero-order valence-corrected chi connectivity index (χ0v) is 41.5. The van der Waals surface area contributed by atoms with E-state index in [9.17, 15) is 34.2 Å². The predicted molar refractivity (Wildman–Crippen MR) is 249 cm³/mol. The van der Waals surface area contributed by atoms with Crippen LogP contribution in [0.1, 0.15) is 131 Å². The van der Waals surface area contributed by atoms with Crippen molar-refractivity contribution in [3.63, 3.8) is 0 Å². The molecule has 0 spiro atoms. The minimum absolute atomic E-state index is 0.0156. The van der Waals surface area contributed by atoms with Gasteiger partial charge in [-0.1, -0.05) is 52.3 Å². The molecule has 5 rings (SSSR count). The number of hydrogen-bond donors (Lipinski definition) is 2. The molecule has 15 atom stereocenters. The molecule has 3 unspecified atom stereocenters. The van der Waals surface area contributed by atoms with Crippen LogP contribution in [0.4, 0.5) is 0 Å². The number of rotatable bonds is 13. The second-order valence-corrected chi connectivity index (χ2v) is 20.3. The van der Waals surface area contributed by atoms with Crippen LogP contribution in [0.3, 0.4) is 0 Å². The van der Waals surface area contributed by atoms with Crippen LogP contribution in [-0.4, -0.2) is 140 Å². The molecule has 15 nitrogen and oxygen atoms in total. The molecule has 378 valence electrons. The number of piperidine rings is 1. The second kappa shape index (κ2) is 25.5. The first-order chi connectivity index (χ1) is 31.9. The third-order valence-corrected chi connectivity index (χ3v) is 15.1. The van der Waals surface area contributed by atoms with Crippen molar-refractivity contribution in [3.8, 4) is 0 Å². The maximum atomic E-state index is 14.5. The van der Waals surface area contributed by atoms with E-state index in [1.54, 1.807) is 27.0 Å². The topological polar surface area (TPSA) is 194 Å². The van der Waals surface area contributed by atoms with Crippen molar-refractivity contribution in [2.75, 3.05) is 41.1 Å². The number of Topliss-reactive ketones (excluding diaryl/α,β-unsaturated/α-hetero) is 2. The Morgan fingerprint density at radius 1 is 0.881 bits per heavy atom. The largest absolute Gasteiger partial charge is 0.465 e. The van der Waals surface area contributed by atoms with Gasteiger partial charge in [0, 0.05) is 52.7 Å². The van der Waals surface area contributed by atoms with E-state index in [1.807, 2.05) is 19.9 Å². The summed E-state index contributed by atoms with van der Waals surface area (Å²) in [7, 11) is 4.73. The fourth-order valence-corrected chi connectivity index (χ4v) is 11.1. The third kappa shape index (κ3) is 13.9. The Balaban J connectivity index is 1.42. The summed E-state index contributed by atoms with van der Waals surface area (Å²) >= 11 is 0. The lowest BCUT2D eigenvalue weighted by atomic mass is 9.81. The van der Waals surface area contributed by atoms with Gasteiger partial charge in [-0.2, -0.15) is 0 Å². The number of allylic oxidation sites excluding steroid dienone is 4. The molecular weight excluding hydrogens is 863 g/mol. The van der Waals surface area contributed by atoms with Gasteiger partial charge in [0.05, 0.1) is 43.0 Å². The number of ether oxygens (including phenoxy) is 7. The van der Waals surface area contributed by atoms with Gasteiger partial charge in [0.1, 0.15) is 18.2 Å². The summed E-state index contributed by atoms with van der Waals surface area (Å²) in [6.07, 6.45) is 9.22. The number of aliphatic hydroxyl groups excluding tert-OH is 1. The van der Waals surface area contributed by atoms with Gasteiger partial charge >= 0.3 is 11.9 Å². The fourth-order valence-electron chi connectivity index (χ4n) is 11.1. The van der Waals surface area contributed by atoms with Gasteiger partial charge in [0.25, 0.3) is 11.7 Å². The van der Waals surface area contributed by atoms with Crippen molar-refractivity contribution in [3.05, 3.63) is 36.0 Å². The van der Waals surface area contributed by atoms with Crippen LogP contribution >= 0.6 is 0 Å². The number of fused-ring (bicyclic) bond motifs is 3. The normalized spacial score (nSPS) is 38.1. The van der Waals surface area contributed by atoms with E-state index in [2.05, 4.69) is 19.6 Å². The van der Waals surface area contributed by atoms with E-state index in [0.717, 1.165) is 38.5 Å². The number of aliphatic hydroxyl groups is 2. The molecule has 2 N–H and O–H groups in total. The summed E-state index contributed by atoms with van der Waals surface area (Å²) in [5.74, 6) is -7.45. The first kappa shape index (κ1) is 54.6. The average molecular weight is 944 g/mol. The molecule has 15 heteroatoms. The maximum Gasteiger partial charge on any atom is 0.329 e. The minimum Gasteiger partial charge on any atom is -0.465 e. The standard InChI is InChI=1S/C52H81NO14/c1-10-15-38-25-31(2)24-32(3)26-44(62-8)47-45(63-9)28-34(5)52(60,67-47)48(56)49(57)53-21-13-11-17-39(53)51(59)66-46(35(6)40(54)30-41(38)55)33(4)27-36-18-19-42(43(29-36)61-7)64-22-14-12-16-37-20-23-65-50(37)58/h10,25,27,31-32,34-37,39-40,42-47,54,60H,1,11-24,26,28-30H2,2-9H3/t31?,32-,34+,35+,36-,37?,39-,40-,42+,43+,44-,45-,46+,47?,52+/m0/s1. The Hall–Kier alpha value is -3.31. The van der Waals surface area contributed by atoms with Crippen LogP contribution < -0.4 is 0 Å². The smallest absolute Gasteiger partial charge is 0.329 e. The molecule has 0 aromatic carbocycles. The Labute approximate surface area is 398 Å². The van der Waals surface area contributed by atoms with Crippen LogP contribution in [0.15, 0.2) is 36.0 Å². The maximum absolute atomic E-state index is 14.5. The lowest BCUT2D eigenvalue weighted by molar-refractivity contribution is -0.302. The predicted octanol–water partition coefficient (Wildman–Crippen LogP) is 6.40. The highest BCUT2D eigenvalue weighted by atomic mass is 16.7. The SMILES string of the molecule is C=CCC1=CC(C)C[C@H](C)C[C@H](OC)C2O[C@@](O)(C(=O)C(=O)N3CCCC[C@H]3C(=O)O[C@H](C(C)=C[C@@H]3CC[C@@H](OCCCCC4CCOC4=O)[C@H](OC)C3)[C@H](C)[C@@H](O)CC1=O)[C@H](C)C[C@@H]2OC. The van der Waals surface area contributed by atoms with E-state index >= 15 is 0 Å². The summed E-state index contributed by atoms with van der Waals surface area (Å²) < 4.78 is 41.8. The van der Waals surface area contributed by atoms with E-state index in [4.69, 9.17) is 33.2 Å². The first-order valence-electron chi connectivity index (χ1n) is 25.0. The summed E-state index contributed by atoms with van der Waals surface area (Å²) in [6, 6.07) is -1.15. The number of amides is 1. The number of carbonyl (C=O) groups is 5. The summed E-state index contributed by atoms with van der Waals surface area (Å²) in [5, 5.41) is 24.0. The second-order valence-electron chi connectivity index (χ2n) is 20.3. The van der Waals surface area contributed by atoms with Crippen LogP contribution in [0.5, 0.6) is 0 Å². The Kier molecular flexibility index (Phi) is 20.8. The molecule has 1 aliphatic carbocycles. The molecule has 0 radical (unpaired) electrons. The third-order valence-electron chi connectivity index (χ3n) is 15.1. The summed E-state index contributed by atoms with van der Waals surface area (Å²) in [4.78, 5) is 70.4. The van der Waals surface area contributed by atoms with Gasteiger partial charge < -0.3 is 48.3 Å². The Morgan fingerprint density at radius 2 is 1.60 bits per heavy atom. The quantitative estimate of drug-likeness (QED) is 0.0892. The number of unbranched alkanes of at least 4 members (excludes halogenated alkanes) is 1. The fraction of sp³-hybridized carbons (Fsp3) is 0.788. The van der Waals surface area contributed by atoms with Crippen LogP contribution in [0.25, 0.3) is 0 Å². The summed E-state index contributed by atoms with van der Waals surface area (Å²) in [6.45, 7) is 14.3. The summed E-state index contributed by atoms with van der Waals surface area (Å²) in [5.41, 5.74) is 1.21. The van der Waals surface area contributed by atoms with E-state index in [0.29, 0.717) is 62.9 Å². The van der Waals surface area contributed by atoms with Gasteiger partial charge in [0.2, 0.25) is 5.79 Å². The number of methoxy groups -OCH3 is 3. The average Bonchev–Trinajstić information content (AvgIpc) is 3.73. The van der Waals surface area contributed by atoms with E-state index in [-0.39, 0.29) is 73.4 Å². The van der Waals surface area contributed by atoms with Crippen molar-refractivity contribution in [2.45, 2.75) is 185 Å². The Morgan fingerprint density at radius 3 is 2.27 bits per heavy atom. The van der Waals surface area contributed by atoms with Crippen molar-refractivity contribution >= 4 is 29.4 Å². The molecule has 1 saturated carbocycles. The molecule has 5 aliphatic rings. The number of esters is 2. The Bertz CT molecular complexity index is 1760. The number of ketones is 2. The lowest BCUT2D eigenvalue weighted by Gasteiger charge is -2.47. The van der Waals surface area contributed by atoms with Crippen molar-refractivity contribution in [1.82, 2.24) is 4.90 Å². The molecular formula is C52H81NO14. The van der Waals surface area contributed by atoms with Gasteiger partial charge in [-0.25, -0.2) is 4.79 Å². The molecule has 4 aliphatic heterocycles. The number of nitrogens with zero attached hydrogens (tertiary/aromatic N) is 1. The molecule has 1 amide bonds. The molecule has 0 aromatic rings. The van der Waals surface area contributed by atoms with Crippen LogP contribution in [-0.2, 0) is 57.1 Å². The van der Waals surface area contributed by atoms with Gasteiger partial charge in [-0.15, -0.1) is 6.58 Å². The highest BCUT2D eigenvalue weighted by Crippen LogP contribution is 2.39. The van der Waals surface area contributed by atoms with E-state index in [1.165, 1.54) is 19.1 Å². The number of hydrogen-bond acceptors (Lipinski definition) is 14. The van der Waals surface area contributed by atoms with Crippen molar-refractivity contribution < 1.29 is 67.3 Å². The number of carbonyl (C=O) groups excluding carboxylic acids is 5. The molecule has 0 aromatic heterocycles. The zero-order valence-electron chi connectivity index (χ0n) is 41.5. The minimum atomic E-state index is -2.52. The lowest BCUT2D eigenvalue weighted by Crippen LogP contribution is -2.64. The number of cyclic esters (lactones) is 2. The monoisotopic (exact) mass is 944 g/mol. The van der Waals surface area contributed by atoms with Gasteiger partial charge in [-0.05, 0) is 119 Å². The first-order valence-corrected chi connectivity index (χ1v) is 25.0. The van der Waals surface area contributed by atoms with Crippen molar-refractivity contribution in [1.29, 1.82) is 0 Å². The van der Waals surface area contributed by atoms with Gasteiger partial charge in [-0.3, -0.25) is 19.2 Å². The highest BCUT2D eigenvalue weighted by Gasteiger charge is 2.56. The highest BCUT2D eigenvalue weighted by molar-refractivity contribution is 6.39. The van der Waals surface area contributed by atoms with Crippen LogP contribution in [0.2, 0.25) is 0 Å². The molecule has 4 heterocycles. The molecule has 4 fully saturated rings. The molecule has 67 heavy (non-hydrogen) atoms. The van der Waals surface area contributed by atoms with Crippen LogP contribution in [0, 0.1) is 35.5 Å².